The zero-order valence-electron chi connectivity index (χ0n) is 24.2. The molecule has 2 fully saturated rings. The van der Waals surface area contributed by atoms with Gasteiger partial charge in [0.2, 0.25) is 0 Å². The Balaban J connectivity index is 1.35. The molecule has 1 aliphatic heterocycles. The number of carbonyl (C=O) groups excluding carboxylic acids is 1. The smallest absolute Gasteiger partial charge is 0.330 e. The summed E-state index contributed by atoms with van der Waals surface area (Å²) in [4.78, 5) is 11.8. The Bertz CT molecular complexity index is 1540. The zero-order chi connectivity index (χ0) is 28.7. The van der Waals surface area contributed by atoms with Crippen LogP contribution in [0.5, 0.6) is 0 Å². The summed E-state index contributed by atoms with van der Waals surface area (Å²) in [5.41, 5.74) is 9.57. The molecule has 5 nitrogen and oxygen atoms in total. The fourth-order valence-corrected chi connectivity index (χ4v) is 5.90. The minimum Gasteiger partial charge on any atom is -0.463 e. The zero-order valence-corrected chi connectivity index (χ0v) is 24.2. The Kier molecular flexibility index (Phi) is 8.76. The lowest BCUT2D eigenvalue weighted by Gasteiger charge is -2.31. The fourth-order valence-electron chi connectivity index (χ4n) is 5.90. The number of ether oxygens (including phenoxy) is 2. The number of aromatic nitrogens is 2. The Labute approximate surface area is 248 Å². The molecule has 0 radical (unpaired) electrons. The van der Waals surface area contributed by atoms with Crippen molar-refractivity contribution in [1.29, 1.82) is 0 Å². The van der Waals surface area contributed by atoms with Crippen LogP contribution < -0.4 is 0 Å². The first-order valence-corrected chi connectivity index (χ1v) is 15.2. The van der Waals surface area contributed by atoms with E-state index in [0.717, 1.165) is 36.1 Å². The Morgan fingerprint density at radius 3 is 2.29 bits per heavy atom. The van der Waals surface area contributed by atoms with Crippen LogP contribution in [-0.2, 0) is 14.3 Å². The molecule has 1 aromatic heterocycles. The fraction of sp³-hybridized carbons (Fsp3) is 0.297. The molecule has 2 heterocycles. The molecule has 0 spiro atoms. The van der Waals surface area contributed by atoms with Crippen molar-refractivity contribution in [2.75, 3.05) is 13.2 Å². The van der Waals surface area contributed by atoms with Gasteiger partial charge in [-0.2, -0.15) is 5.10 Å². The van der Waals surface area contributed by atoms with E-state index in [4.69, 9.17) is 9.47 Å². The molecule has 4 aromatic rings. The summed E-state index contributed by atoms with van der Waals surface area (Å²) in [6.07, 6.45) is 14.3. The molecule has 1 saturated carbocycles. The topological polar surface area (TPSA) is 53.3 Å². The van der Waals surface area contributed by atoms with Gasteiger partial charge in [0, 0.05) is 24.4 Å². The molecule has 0 N–H and O–H groups in total. The summed E-state index contributed by atoms with van der Waals surface area (Å²) < 4.78 is 12.9. The van der Waals surface area contributed by atoms with E-state index in [1.54, 1.807) is 0 Å². The summed E-state index contributed by atoms with van der Waals surface area (Å²) in [7, 11) is 0. The molecule has 0 amide bonds. The van der Waals surface area contributed by atoms with Gasteiger partial charge < -0.3 is 9.47 Å². The van der Waals surface area contributed by atoms with E-state index in [2.05, 4.69) is 90.2 Å². The number of benzene rings is 3. The average Bonchev–Trinajstić information content (AvgIpc) is 3.51. The maximum absolute atomic E-state index is 11.8. The Hall–Kier alpha value is -4.22. The predicted octanol–water partition coefficient (Wildman–Crippen LogP) is 8.58. The van der Waals surface area contributed by atoms with Gasteiger partial charge in [0.1, 0.15) is 6.23 Å². The van der Waals surface area contributed by atoms with E-state index in [1.807, 2.05) is 23.9 Å². The highest BCUT2D eigenvalue weighted by Gasteiger charge is 2.27. The van der Waals surface area contributed by atoms with E-state index >= 15 is 0 Å². The van der Waals surface area contributed by atoms with Crippen LogP contribution in [0.25, 0.3) is 28.3 Å². The van der Waals surface area contributed by atoms with Crippen molar-refractivity contribution in [2.24, 2.45) is 5.92 Å². The van der Waals surface area contributed by atoms with Crippen molar-refractivity contribution < 1.29 is 14.3 Å². The van der Waals surface area contributed by atoms with Crippen molar-refractivity contribution >= 4 is 23.2 Å². The Morgan fingerprint density at radius 2 is 1.62 bits per heavy atom. The van der Waals surface area contributed by atoms with Crippen LogP contribution in [0.1, 0.15) is 73.9 Å². The molecule has 3 aromatic carbocycles. The highest BCUT2D eigenvalue weighted by molar-refractivity contribution is 6.00. The minimum absolute atomic E-state index is 0.0384. The lowest BCUT2D eigenvalue weighted by molar-refractivity contribution is -0.137. The lowest BCUT2D eigenvalue weighted by atomic mass is 9.73. The van der Waals surface area contributed by atoms with Gasteiger partial charge in [-0.1, -0.05) is 85.3 Å². The number of hydrogen-bond acceptors (Lipinski definition) is 4. The van der Waals surface area contributed by atoms with E-state index in [1.165, 1.54) is 59.6 Å². The predicted molar refractivity (Wildman–Crippen MR) is 168 cm³/mol. The highest BCUT2D eigenvalue weighted by Crippen LogP contribution is 2.45. The standard InChI is InChI=1S/C37H38N2O3/c1-2-41-35(40)23-16-27-14-17-31(18-15-27)37(30-11-8-12-30)36(29-9-4-3-5-10-29)32-21-19-28(20-22-32)33-25-38-39(26-33)34-13-6-7-24-42-34/h3-5,9-10,14-23,25-26,30,34H,2,6-8,11-13,24H2,1H3/b23-16+,37-36+. The quantitative estimate of drug-likeness (QED) is 0.117. The third kappa shape index (κ3) is 6.32. The van der Waals surface area contributed by atoms with Crippen LogP contribution in [0.15, 0.2) is 97.3 Å². The van der Waals surface area contributed by atoms with Gasteiger partial charge in [0.05, 0.1) is 12.8 Å². The lowest BCUT2D eigenvalue weighted by Crippen LogP contribution is -2.18. The van der Waals surface area contributed by atoms with Gasteiger partial charge in [-0.15, -0.1) is 0 Å². The summed E-state index contributed by atoms with van der Waals surface area (Å²) in [5.74, 6) is 0.190. The van der Waals surface area contributed by atoms with Gasteiger partial charge >= 0.3 is 5.97 Å². The molecule has 2 aliphatic rings. The summed E-state index contributed by atoms with van der Waals surface area (Å²) in [6, 6.07) is 28.2. The van der Waals surface area contributed by atoms with Crippen LogP contribution in [-0.4, -0.2) is 29.0 Å². The highest BCUT2D eigenvalue weighted by atomic mass is 16.5. The maximum atomic E-state index is 11.8. The molecule has 0 bridgehead atoms. The average molecular weight is 559 g/mol. The largest absolute Gasteiger partial charge is 0.463 e. The van der Waals surface area contributed by atoms with Gasteiger partial charge in [0.25, 0.3) is 0 Å². The number of nitrogens with zero attached hydrogens (tertiary/aromatic N) is 2. The third-order valence-corrected chi connectivity index (χ3v) is 8.32. The van der Waals surface area contributed by atoms with Crippen LogP contribution >= 0.6 is 0 Å². The van der Waals surface area contributed by atoms with Gasteiger partial charge in [0.15, 0.2) is 0 Å². The van der Waals surface area contributed by atoms with Crippen molar-refractivity contribution in [1.82, 2.24) is 9.78 Å². The molecule has 42 heavy (non-hydrogen) atoms. The molecule has 1 atom stereocenters. The molecule has 1 unspecified atom stereocenters. The SMILES string of the molecule is CCOC(=O)/C=C/c1ccc(/C(=C(\c2ccccc2)c2ccc(-c3cnn(C4CCCCO4)c3)cc2)C2CCC2)cc1. The number of esters is 1. The number of allylic oxidation sites excluding steroid dienone is 1. The van der Waals surface area contributed by atoms with E-state index in [0.29, 0.717) is 12.5 Å². The first kappa shape index (κ1) is 27.9. The van der Waals surface area contributed by atoms with Crippen LogP contribution in [0.3, 0.4) is 0 Å². The molecule has 214 valence electrons. The van der Waals surface area contributed by atoms with Crippen LogP contribution in [0.4, 0.5) is 0 Å². The monoisotopic (exact) mass is 558 g/mol. The van der Waals surface area contributed by atoms with Gasteiger partial charge in [-0.05, 0) is 90.0 Å². The van der Waals surface area contributed by atoms with Crippen LogP contribution in [0, 0.1) is 5.92 Å². The molecular formula is C37H38N2O3. The van der Waals surface area contributed by atoms with E-state index in [-0.39, 0.29) is 12.2 Å². The second-order valence-corrected chi connectivity index (χ2v) is 11.1. The normalized spacial score (nSPS) is 18.0. The number of hydrogen-bond donors (Lipinski definition) is 0. The van der Waals surface area contributed by atoms with Crippen LogP contribution in [0.2, 0.25) is 0 Å². The van der Waals surface area contributed by atoms with Crippen molar-refractivity contribution in [3.8, 4) is 11.1 Å². The second-order valence-electron chi connectivity index (χ2n) is 11.1. The molecule has 5 heteroatoms. The summed E-state index contributed by atoms with van der Waals surface area (Å²) >= 11 is 0. The molecule has 1 aliphatic carbocycles. The molecule has 1 saturated heterocycles. The van der Waals surface area contributed by atoms with Gasteiger partial charge in [-0.25, -0.2) is 9.48 Å². The van der Waals surface area contributed by atoms with Crippen molar-refractivity contribution in [3.05, 3.63) is 120 Å². The maximum Gasteiger partial charge on any atom is 0.330 e. The third-order valence-electron chi connectivity index (χ3n) is 8.32. The first-order valence-electron chi connectivity index (χ1n) is 15.2. The van der Waals surface area contributed by atoms with E-state index in [9.17, 15) is 4.79 Å². The van der Waals surface area contributed by atoms with Gasteiger partial charge in [-0.3, -0.25) is 0 Å². The van der Waals surface area contributed by atoms with Crippen molar-refractivity contribution in [2.45, 2.75) is 51.7 Å². The number of rotatable bonds is 9. The Morgan fingerprint density at radius 1 is 0.881 bits per heavy atom. The van der Waals surface area contributed by atoms with E-state index < -0.39 is 0 Å². The summed E-state index contributed by atoms with van der Waals surface area (Å²) in [5, 5.41) is 4.62. The summed E-state index contributed by atoms with van der Waals surface area (Å²) in [6.45, 7) is 2.99. The molecule has 6 rings (SSSR count). The number of carbonyl (C=O) groups is 1. The second kappa shape index (κ2) is 13.2. The first-order chi connectivity index (χ1) is 20.7. The molecular weight excluding hydrogens is 520 g/mol. The van der Waals surface area contributed by atoms with Crippen molar-refractivity contribution in [3.63, 3.8) is 0 Å². The minimum atomic E-state index is -0.318.